The Morgan fingerprint density at radius 3 is 2.71 bits per heavy atom. The normalized spacial score (nSPS) is 33.6. The predicted molar refractivity (Wildman–Crippen MR) is 63.7 cm³/mol. The van der Waals surface area contributed by atoms with Gasteiger partial charge in [-0.3, -0.25) is 4.90 Å². The number of hydrogen-bond donors (Lipinski definition) is 1. The molecule has 3 heteroatoms. The number of nitrogens with zero attached hydrogens (tertiary/aromatic N) is 1. The maximum atomic E-state index is 5.95. The highest BCUT2D eigenvalue weighted by Gasteiger charge is 2.38. The summed E-state index contributed by atoms with van der Waals surface area (Å²) in [5, 5.41) is 0. The topological polar surface area (TPSA) is 29.3 Å². The first kappa shape index (κ1) is 10.8. The summed E-state index contributed by atoms with van der Waals surface area (Å²) in [6.45, 7) is 2.11. The molecule has 1 aliphatic heterocycles. The molecule has 2 N–H and O–H groups in total. The maximum Gasteiger partial charge on any atom is 0.0426 e. The van der Waals surface area contributed by atoms with E-state index in [0.29, 0.717) is 5.54 Å². The predicted octanol–water partition coefficient (Wildman–Crippen LogP) is 1.55. The summed E-state index contributed by atoms with van der Waals surface area (Å²) in [5.74, 6) is 3.51. The minimum Gasteiger partial charge on any atom is -0.329 e. The summed E-state index contributed by atoms with van der Waals surface area (Å²) in [6.07, 6.45) is 5.62. The lowest BCUT2D eigenvalue weighted by atomic mass is 9.84. The fraction of sp³-hybridized carbons (Fsp3) is 1.00. The van der Waals surface area contributed by atoms with Crippen molar-refractivity contribution in [2.75, 3.05) is 31.6 Å². The van der Waals surface area contributed by atoms with Gasteiger partial charge in [-0.25, -0.2) is 0 Å². The lowest BCUT2D eigenvalue weighted by molar-refractivity contribution is 0.104. The minimum absolute atomic E-state index is 0.334. The third-order valence-electron chi connectivity index (χ3n) is 4.03. The van der Waals surface area contributed by atoms with Crippen LogP contribution in [0.4, 0.5) is 0 Å². The van der Waals surface area contributed by atoms with Crippen LogP contribution >= 0.6 is 11.8 Å². The second-order valence-corrected chi connectivity index (χ2v) is 6.01. The van der Waals surface area contributed by atoms with Crippen LogP contribution in [-0.4, -0.2) is 42.1 Å². The smallest absolute Gasteiger partial charge is 0.0426 e. The molecule has 1 aliphatic carbocycles. The molecule has 1 heterocycles. The highest BCUT2D eigenvalue weighted by molar-refractivity contribution is 7.99. The fourth-order valence-corrected chi connectivity index (χ4v) is 4.00. The van der Waals surface area contributed by atoms with Crippen LogP contribution in [0.5, 0.6) is 0 Å². The van der Waals surface area contributed by atoms with E-state index in [0.717, 1.165) is 12.5 Å². The highest BCUT2D eigenvalue weighted by Crippen LogP contribution is 2.35. The van der Waals surface area contributed by atoms with Gasteiger partial charge in [0.05, 0.1) is 0 Å². The first-order chi connectivity index (χ1) is 6.77. The van der Waals surface area contributed by atoms with Gasteiger partial charge in [0.2, 0.25) is 0 Å². The molecule has 0 aromatic heterocycles. The average molecular weight is 214 g/mol. The molecule has 0 radical (unpaired) electrons. The zero-order valence-electron chi connectivity index (χ0n) is 9.17. The molecule has 2 fully saturated rings. The van der Waals surface area contributed by atoms with Gasteiger partial charge in [0, 0.05) is 24.4 Å². The average Bonchev–Trinajstić information content (AvgIpc) is 2.60. The van der Waals surface area contributed by atoms with Crippen molar-refractivity contribution in [3.8, 4) is 0 Å². The molecule has 2 aliphatic rings. The Morgan fingerprint density at radius 2 is 2.29 bits per heavy atom. The van der Waals surface area contributed by atoms with Crippen LogP contribution in [0.1, 0.15) is 25.7 Å². The van der Waals surface area contributed by atoms with Gasteiger partial charge in [-0.05, 0) is 38.0 Å². The van der Waals surface area contributed by atoms with Crippen molar-refractivity contribution in [1.29, 1.82) is 0 Å². The summed E-state index contributed by atoms with van der Waals surface area (Å²) in [6, 6.07) is 0. The van der Waals surface area contributed by atoms with Gasteiger partial charge in [0.1, 0.15) is 0 Å². The molecule has 0 spiro atoms. The Kier molecular flexibility index (Phi) is 3.40. The first-order valence-electron chi connectivity index (χ1n) is 5.76. The van der Waals surface area contributed by atoms with E-state index < -0.39 is 0 Å². The molecule has 0 bridgehead atoms. The van der Waals surface area contributed by atoms with Crippen molar-refractivity contribution in [3.63, 3.8) is 0 Å². The fourth-order valence-electron chi connectivity index (χ4n) is 2.47. The van der Waals surface area contributed by atoms with Crippen LogP contribution in [0.3, 0.4) is 0 Å². The molecule has 0 amide bonds. The van der Waals surface area contributed by atoms with Crippen LogP contribution in [-0.2, 0) is 0 Å². The largest absolute Gasteiger partial charge is 0.329 e. The Bertz CT molecular complexity index is 186. The van der Waals surface area contributed by atoms with Crippen molar-refractivity contribution in [2.45, 2.75) is 31.2 Å². The van der Waals surface area contributed by atoms with Crippen LogP contribution < -0.4 is 5.73 Å². The van der Waals surface area contributed by atoms with Crippen LogP contribution in [0, 0.1) is 5.92 Å². The minimum atomic E-state index is 0.334. The lowest BCUT2D eigenvalue weighted by Crippen LogP contribution is -2.54. The van der Waals surface area contributed by atoms with Crippen LogP contribution in [0.2, 0.25) is 0 Å². The molecule has 2 nitrogen and oxygen atoms in total. The zero-order valence-corrected chi connectivity index (χ0v) is 9.98. The molecule has 0 aromatic rings. The quantitative estimate of drug-likeness (QED) is 0.770. The van der Waals surface area contributed by atoms with Crippen molar-refractivity contribution < 1.29 is 0 Å². The van der Waals surface area contributed by atoms with Gasteiger partial charge in [-0.1, -0.05) is 6.42 Å². The molecular weight excluding hydrogens is 192 g/mol. The Balaban J connectivity index is 1.89. The van der Waals surface area contributed by atoms with E-state index in [2.05, 4.69) is 23.7 Å². The number of hydrogen-bond acceptors (Lipinski definition) is 3. The van der Waals surface area contributed by atoms with E-state index in [1.54, 1.807) is 0 Å². The highest BCUT2D eigenvalue weighted by atomic mass is 32.2. The first-order valence-corrected chi connectivity index (χ1v) is 6.91. The summed E-state index contributed by atoms with van der Waals surface area (Å²) in [5.41, 5.74) is 6.28. The van der Waals surface area contributed by atoms with Gasteiger partial charge < -0.3 is 5.73 Å². The van der Waals surface area contributed by atoms with Crippen LogP contribution in [0.15, 0.2) is 0 Å². The van der Waals surface area contributed by atoms with E-state index in [1.807, 2.05) is 0 Å². The van der Waals surface area contributed by atoms with E-state index >= 15 is 0 Å². The molecule has 1 unspecified atom stereocenters. The van der Waals surface area contributed by atoms with E-state index in [4.69, 9.17) is 5.73 Å². The van der Waals surface area contributed by atoms with Gasteiger partial charge in [-0.2, -0.15) is 11.8 Å². The number of nitrogens with two attached hydrogens (primary N) is 1. The number of thioether (sulfide) groups is 1. The number of rotatable bonds is 4. The van der Waals surface area contributed by atoms with Gasteiger partial charge in [0.25, 0.3) is 0 Å². The lowest BCUT2D eigenvalue weighted by Gasteiger charge is -2.41. The summed E-state index contributed by atoms with van der Waals surface area (Å²) in [4.78, 5) is 2.55. The van der Waals surface area contributed by atoms with Crippen molar-refractivity contribution in [3.05, 3.63) is 0 Å². The Labute approximate surface area is 91.6 Å². The SMILES string of the molecule is CN(CC1CCC1)C1(CN)CCSC1. The van der Waals surface area contributed by atoms with Gasteiger partial charge in [-0.15, -0.1) is 0 Å². The molecular formula is C11H22N2S. The molecule has 1 saturated heterocycles. The molecule has 1 atom stereocenters. The van der Waals surface area contributed by atoms with Gasteiger partial charge >= 0.3 is 0 Å². The zero-order chi connectivity index (χ0) is 10.0. The Hall–Kier alpha value is 0.270. The third-order valence-corrected chi connectivity index (χ3v) is 5.26. The molecule has 14 heavy (non-hydrogen) atoms. The molecule has 82 valence electrons. The third kappa shape index (κ3) is 1.95. The molecule has 0 aromatic carbocycles. The number of likely N-dealkylation sites (N-methyl/N-ethyl adjacent to an activating group) is 1. The summed E-state index contributed by atoms with van der Waals surface area (Å²) < 4.78 is 0. The van der Waals surface area contributed by atoms with E-state index in [1.165, 1.54) is 43.7 Å². The van der Waals surface area contributed by atoms with Crippen LogP contribution in [0.25, 0.3) is 0 Å². The maximum absolute atomic E-state index is 5.95. The Morgan fingerprint density at radius 1 is 1.50 bits per heavy atom. The molecule has 1 saturated carbocycles. The second-order valence-electron chi connectivity index (χ2n) is 4.91. The standard InChI is InChI=1S/C11H22N2S/c1-13(7-10-3-2-4-10)11(8-12)5-6-14-9-11/h10H,2-9,12H2,1H3. The van der Waals surface area contributed by atoms with E-state index in [-0.39, 0.29) is 0 Å². The second kappa shape index (κ2) is 4.42. The van der Waals surface area contributed by atoms with Crippen molar-refractivity contribution in [2.24, 2.45) is 11.7 Å². The van der Waals surface area contributed by atoms with Gasteiger partial charge in [0.15, 0.2) is 0 Å². The van der Waals surface area contributed by atoms with E-state index in [9.17, 15) is 0 Å². The molecule has 2 rings (SSSR count). The summed E-state index contributed by atoms with van der Waals surface area (Å²) >= 11 is 2.06. The van der Waals surface area contributed by atoms with Crippen molar-refractivity contribution >= 4 is 11.8 Å². The van der Waals surface area contributed by atoms with Crippen molar-refractivity contribution in [1.82, 2.24) is 4.90 Å². The summed E-state index contributed by atoms with van der Waals surface area (Å²) in [7, 11) is 2.27. The monoisotopic (exact) mass is 214 g/mol.